The zero-order chi connectivity index (χ0) is 27.1. The molecule has 3 aromatic carbocycles. The maximum absolute atomic E-state index is 13.4. The van der Waals surface area contributed by atoms with Gasteiger partial charge in [-0.2, -0.15) is 0 Å². The summed E-state index contributed by atoms with van der Waals surface area (Å²) in [5.74, 6) is 1.10. The summed E-state index contributed by atoms with van der Waals surface area (Å²) in [6.07, 6.45) is 4.47. The second-order valence-electron chi connectivity index (χ2n) is 10.4. The lowest BCUT2D eigenvalue weighted by Gasteiger charge is -2.43. The topological polar surface area (TPSA) is 55.8 Å². The molecular weight excluding hydrogens is 554 g/mol. The predicted molar refractivity (Wildman–Crippen MR) is 156 cm³/mol. The van der Waals surface area contributed by atoms with Gasteiger partial charge in [-0.25, -0.2) is 0 Å². The minimum atomic E-state index is -0.379. The van der Waals surface area contributed by atoms with E-state index in [4.69, 9.17) is 9.47 Å². The molecule has 0 spiro atoms. The molecule has 0 aromatic heterocycles. The van der Waals surface area contributed by atoms with Crippen LogP contribution >= 0.6 is 15.9 Å². The number of fused-ring (bicyclic) bond motifs is 1. The van der Waals surface area contributed by atoms with Crippen LogP contribution < -0.4 is 9.47 Å². The Bertz CT molecular complexity index is 1500. The molecule has 3 aromatic rings. The fourth-order valence-corrected chi connectivity index (χ4v) is 7.12. The van der Waals surface area contributed by atoms with Crippen molar-refractivity contribution >= 4 is 38.3 Å². The van der Waals surface area contributed by atoms with E-state index < -0.39 is 0 Å². The molecule has 0 saturated heterocycles. The van der Waals surface area contributed by atoms with Gasteiger partial charge in [-0.05, 0) is 82.6 Å². The molecule has 6 rings (SSSR count). The maximum Gasteiger partial charge on any atom is 0.175 e. The Hall–Kier alpha value is -3.38. The van der Waals surface area contributed by atoms with Crippen molar-refractivity contribution in [2.45, 2.75) is 58.0 Å². The van der Waals surface area contributed by atoms with Crippen molar-refractivity contribution in [2.24, 2.45) is 0 Å². The van der Waals surface area contributed by atoms with Crippen LogP contribution in [0.2, 0.25) is 0 Å². The molecule has 2 aliphatic carbocycles. The van der Waals surface area contributed by atoms with Crippen molar-refractivity contribution in [3.05, 3.63) is 92.7 Å². The third-order valence-corrected chi connectivity index (χ3v) is 8.83. The Labute approximate surface area is 237 Å². The second kappa shape index (κ2) is 10.6. The molecule has 5 nitrogen and oxygen atoms in total. The van der Waals surface area contributed by atoms with Gasteiger partial charge in [0.05, 0.1) is 11.6 Å². The second-order valence-corrected chi connectivity index (χ2v) is 11.3. The summed E-state index contributed by atoms with van der Waals surface area (Å²) in [5.41, 5.74) is 5.74. The van der Waals surface area contributed by atoms with Gasteiger partial charge >= 0.3 is 0 Å². The normalized spacial score (nSPS) is 18.0. The first-order valence-electron chi connectivity index (χ1n) is 13.8. The van der Waals surface area contributed by atoms with Gasteiger partial charge < -0.3 is 14.4 Å². The Morgan fingerprint density at radius 1 is 0.897 bits per heavy atom. The van der Waals surface area contributed by atoms with Crippen LogP contribution in [0.15, 0.2) is 81.6 Å². The van der Waals surface area contributed by atoms with Gasteiger partial charge in [0.25, 0.3) is 0 Å². The number of allylic oxidation sites excluding steroid dienone is 4. The summed E-state index contributed by atoms with van der Waals surface area (Å²) in [7, 11) is 1.63. The zero-order valence-corrected chi connectivity index (χ0v) is 24.0. The minimum Gasteiger partial charge on any atom is -0.493 e. The highest BCUT2D eigenvalue weighted by molar-refractivity contribution is 9.10. The number of hydrogen-bond donors (Lipinski definition) is 0. The van der Waals surface area contributed by atoms with E-state index in [2.05, 4.69) is 52.0 Å². The van der Waals surface area contributed by atoms with Gasteiger partial charge in [0.2, 0.25) is 0 Å². The van der Waals surface area contributed by atoms with E-state index in [9.17, 15) is 9.59 Å². The van der Waals surface area contributed by atoms with Crippen molar-refractivity contribution in [2.75, 3.05) is 13.7 Å². The van der Waals surface area contributed by atoms with E-state index in [0.29, 0.717) is 30.9 Å². The summed E-state index contributed by atoms with van der Waals surface area (Å²) in [4.78, 5) is 29.1. The number of ketones is 2. The van der Waals surface area contributed by atoms with Crippen molar-refractivity contribution in [1.29, 1.82) is 0 Å². The first-order chi connectivity index (χ1) is 19.0. The number of Topliss-reactive ketones (excluding diaryl/α,β-unsaturated/α-hetero) is 2. The number of nitrogens with zero attached hydrogens (tertiary/aromatic N) is 1. The number of hydrogen-bond acceptors (Lipinski definition) is 5. The van der Waals surface area contributed by atoms with Crippen LogP contribution in [-0.4, -0.2) is 30.1 Å². The number of carbonyl (C=O) groups excluding carboxylic acids is 2. The Morgan fingerprint density at radius 3 is 2.23 bits per heavy atom. The van der Waals surface area contributed by atoms with Gasteiger partial charge in [0.1, 0.15) is 6.61 Å². The Morgan fingerprint density at radius 2 is 1.56 bits per heavy atom. The average Bonchev–Trinajstić information content (AvgIpc) is 2.95. The molecular formula is C33H32BrNO4. The summed E-state index contributed by atoms with van der Waals surface area (Å²) < 4.78 is 12.9. The molecule has 200 valence electrons. The SMILES string of the molecule is CCN1C2=C(C(=O)CCC2)C(c2cc(Br)c(OCc3cccc4ccccc34)c(OC)c2)C2=C1CCCC2=O. The highest BCUT2D eigenvalue weighted by atomic mass is 79.9. The third-order valence-electron chi connectivity index (χ3n) is 8.24. The highest BCUT2D eigenvalue weighted by Gasteiger charge is 2.43. The van der Waals surface area contributed by atoms with Gasteiger partial charge in [-0.15, -0.1) is 0 Å². The van der Waals surface area contributed by atoms with Gasteiger partial charge in [0.15, 0.2) is 23.1 Å². The largest absolute Gasteiger partial charge is 0.493 e. The summed E-state index contributed by atoms with van der Waals surface area (Å²) >= 11 is 3.74. The summed E-state index contributed by atoms with van der Waals surface area (Å²) in [6, 6.07) is 18.4. The van der Waals surface area contributed by atoms with Crippen LogP contribution in [0.5, 0.6) is 11.5 Å². The van der Waals surface area contributed by atoms with Crippen LogP contribution in [0.1, 0.15) is 62.5 Å². The van der Waals surface area contributed by atoms with Crippen LogP contribution in [0.3, 0.4) is 0 Å². The Balaban J connectivity index is 1.42. The number of ether oxygens (including phenoxy) is 2. The standard InChI is InChI=1S/C33H32BrNO4/c1-3-35-25-13-7-15-27(36)31(25)30(32-26(35)14-8-16-28(32)37)22-17-24(34)33(29(18-22)38-2)39-19-21-11-6-10-20-9-4-5-12-23(20)21/h4-6,9-12,17-18,30H,3,7-8,13-16,19H2,1-2H3. The van der Waals surface area contributed by atoms with Crippen molar-refractivity contribution in [1.82, 2.24) is 4.90 Å². The molecule has 1 aliphatic heterocycles. The first-order valence-corrected chi connectivity index (χ1v) is 14.6. The van der Waals surface area contributed by atoms with Crippen molar-refractivity contribution < 1.29 is 19.1 Å². The smallest absolute Gasteiger partial charge is 0.175 e. The molecule has 0 bridgehead atoms. The first kappa shape index (κ1) is 25.9. The number of halogens is 1. The Kier molecular flexibility index (Phi) is 7.06. The van der Waals surface area contributed by atoms with E-state index in [1.54, 1.807) is 7.11 Å². The lowest BCUT2D eigenvalue weighted by molar-refractivity contribution is -0.117. The van der Waals surface area contributed by atoms with Gasteiger partial charge in [-0.1, -0.05) is 42.5 Å². The number of methoxy groups -OCH3 is 1. The highest BCUT2D eigenvalue weighted by Crippen LogP contribution is 2.51. The molecule has 6 heteroatoms. The van der Waals surface area contributed by atoms with E-state index in [-0.39, 0.29) is 17.5 Å². The molecule has 39 heavy (non-hydrogen) atoms. The van der Waals surface area contributed by atoms with Crippen LogP contribution in [-0.2, 0) is 16.2 Å². The van der Waals surface area contributed by atoms with Crippen molar-refractivity contribution in [3.8, 4) is 11.5 Å². The van der Waals surface area contributed by atoms with E-state index in [1.807, 2.05) is 30.3 Å². The molecule has 0 N–H and O–H groups in total. The fourth-order valence-electron chi connectivity index (χ4n) is 6.55. The lowest BCUT2D eigenvalue weighted by atomic mass is 9.71. The predicted octanol–water partition coefficient (Wildman–Crippen LogP) is 7.62. The zero-order valence-electron chi connectivity index (χ0n) is 22.4. The molecule has 0 amide bonds. The molecule has 0 unspecified atom stereocenters. The van der Waals surface area contributed by atoms with E-state index in [0.717, 1.165) is 75.8 Å². The number of rotatable bonds is 6. The van der Waals surface area contributed by atoms with Crippen LogP contribution in [0.4, 0.5) is 0 Å². The maximum atomic E-state index is 13.4. The monoisotopic (exact) mass is 585 g/mol. The van der Waals surface area contributed by atoms with Crippen LogP contribution in [0, 0.1) is 0 Å². The number of carbonyl (C=O) groups is 2. The van der Waals surface area contributed by atoms with E-state index in [1.165, 1.54) is 5.39 Å². The van der Waals surface area contributed by atoms with Gasteiger partial charge in [-0.3, -0.25) is 9.59 Å². The summed E-state index contributed by atoms with van der Waals surface area (Å²) in [6.45, 7) is 3.25. The molecule has 3 aliphatic rings. The molecule has 0 fully saturated rings. The van der Waals surface area contributed by atoms with Crippen molar-refractivity contribution in [3.63, 3.8) is 0 Å². The number of benzene rings is 3. The van der Waals surface area contributed by atoms with Crippen LogP contribution in [0.25, 0.3) is 10.8 Å². The molecule has 0 atom stereocenters. The quantitative estimate of drug-likeness (QED) is 0.298. The molecule has 0 saturated carbocycles. The third kappa shape index (κ3) is 4.49. The average molecular weight is 587 g/mol. The lowest BCUT2D eigenvalue weighted by Crippen LogP contribution is -2.39. The molecule has 1 heterocycles. The van der Waals surface area contributed by atoms with E-state index >= 15 is 0 Å². The fraction of sp³-hybridized carbons (Fsp3) is 0.333. The summed E-state index contributed by atoms with van der Waals surface area (Å²) in [5, 5.41) is 2.32. The van der Waals surface area contributed by atoms with Gasteiger partial charge in [0, 0.05) is 47.8 Å². The minimum absolute atomic E-state index is 0.149. The molecule has 0 radical (unpaired) electrons.